The predicted octanol–water partition coefficient (Wildman–Crippen LogP) is 3.34. The van der Waals surface area contributed by atoms with Gasteiger partial charge in [-0.05, 0) is 37.0 Å². The summed E-state index contributed by atoms with van der Waals surface area (Å²) in [6.07, 6.45) is 6.57. The van der Waals surface area contributed by atoms with E-state index in [1.165, 1.54) is 44.3 Å². The summed E-state index contributed by atoms with van der Waals surface area (Å²) in [5.74, 6) is 0. The van der Waals surface area contributed by atoms with Crippen LogP contribution >= 0.6 is 0 Å². The zero-order valence-electron chi connectivity index (χ0n) is 10.7. The third kappa shape index (κ3) is 3.01. The van der Waals surface area contributed by atoms with E-state index in [1.54, 1.807) is 0 Å². The second-order valence-corrected chi connectivity index (χ2v) is 4.93. The van der Waals surface area contributed by atoms with Crippen LogP contribution in [-0.2, 0) is 6.61 Å². The third-order valence-corrected chi connectivity index (χ3v) is 3.80. The Morgan fingerprint density at radius 1 is 1.18 bits per heavy atom. The van der Waals surface area contributed by atoms with E-state index in [2.05, 4.69) is 24.0 Å². The zero-order chi connectivity index (χ0) is 12.1. The molecule has 0 spiro atoms. The van der Waals surface area contributed by atoms with Crippen LogP contribution in [0.4, 0.5) is 5.69 Å². The molecule has 1 aromatic carbocycles. The van der Waals surface area contributed by atoms with Crippen molar-refractivity contribution in [2.45, 2.75) is 51.7 Å². The summed E-state index contributed by atoms with van der Waals surface area (Å²) in [4.78, 5) is 2.55. The maximum atomic E-state index is 9.07. The predicted molar refractivity (Wildman–Crippen MR) is 72.3 cm³/mol. The molecule has 94 valence electrons. The van der Waals surface area contributed by atoms with Gasteiger partial charge in [0.2, 0.25) is 0 Å². The molecule has 1 aliphatic heterocycles. The highest BCUT2D eigenvalue weighted by Gasteiger charge is 2.19. The Morgan fingerprint density at radius 2 is 1.94 bits per heavy atom. The van der Waals surface area contributed by atoms with E-state index in [0.717, 1.165) is 5.56 Å². The molecule has 1 aliphatic rings. The summed E-state index contributed by atoms with van der Waals surface area (Å²) in [6.45, 7) is 3.60. The van der Waals surface area contributed by atoms with Crippen molar-refractivity contribution in [1.82, 2.24) is 0 Å². The van der Waals surface area contributed by atoms with Crippen LogP contribution in [0, 0.1) is 0 Å². The second-order valence-electron chi connectivity index (χ2n) is 4.93. The quantitative estimate of drug-likeness (QED) is 0.865. The monoisotopic (exact) mass is 233 g/mol. The van der Waals surface area contributed by atoms with Crippen molar-refractivity contribution >= 4 is 5.69 Å². The van der Waals surface area contributed by atoms with Crippen molar-refractivity contribution in [2.75, 3.05) is 11.4 Å². The topological polar surface area (TPSA) is 23.5 Å². The van der Waals surface area contributed by atoms with Crippen LogP contribution in [0.3, 0.4) is 0 Å². The van der Waals surface area contributed by atoms with Crippen molar-refractivity contribution in [1.29, 1.82) is 0 Å². The van der Waals surface area contributed by atoms with E-state index in [1.807, 2.05) is 12.1 Å². The van der Waals surface area contributed by atoms with Gasteiger partial charge in [0, 0.05) is 18.3 Å². The van der Waals surface area contributed by atoms with Crippen LogP contribution in [-0.4, -0.2) is 17.7 Å². The summed E-state index contributed by atoms with van der Waals surface area (Å²) >= 11 is 0. The first-order chi connectivity index (χ1) is 8.35. The smallest absolute Gasteiger partial charge is 0.0681 e. The van der Waals surface area contributed by atoms with Crippen LogP contribution in [0.5, 0.6) is 0 Å². The van der Waals surface area contributed by atoms with Gasteiger partial charge in [-0.1, -0.05) is 31.9 Å². The van der Waals surface area contributed by atoms with E-state index < -0.39 is 0 Å². The fourth-order valence-electron chi connectivity index (χ4n) is 2.73. The number of hydrogen-bond acceptors (Lipinski definition) is 2. The van der Waals surface area contributed by atoms with Crippen molar-refractivity contribution in [2.24, 2.45) is 0 Å². The minimum absolute atomic E-state index is 0.136. The lowest BCUT2D eigenvalue weighted by Gasteiger charge is -2.31. The summed E-state index contributed by atoms with van der Waals surface area (Å²) in [6, 6.07) is 9.07. The molecule has 1 aromatic rings. The van der Waals surface area contributed by atoms with Gasteiger partial charge >= 0.3 is 0 Å². The minimum atomic E-state index is 0.136. The van der Waals surface area contributed by atoms with Crippen molar-refractivity contribution in [3.63, 3.8) is 0 Å². The Morgan fingerprint density at radius 3 is 2.59 bits per heavy atom. The zero-order valence-corrected chi connectivity index (χ0v) is 10.7. The molecule has 0 bridgehead atoms. The molecule has 1 atom stereocenters. The van der Waals surface area contributed by atoms with E-state index in [9.17, 15) is 0 Å². The van der Waals surface area contributed by atoms with Crippen molar-refractivity contribution in [3.05, 3.63) is 29.8 Å². The van der Waals surface area contributed by atoms with Gasteiger partial charge in [-0.25, -0.2) is 0 Å². The average Bonchev–Trinajstić information content (AvgIpc) is 2.64. The molecule has 1 fully saturated rings. The first-order valence-corrected chi connectivity index (χ1v) is 6.81. The Balaban J connectivity index is 2.16. The molecule has 1 heterocycles. The number of nitrogens with zero attached hydrogens (tertiary/aromatic N) is 1. The number of hydrogen-bond donors (Lipinski definition) is 1. The van der Waals surface area contributed by atoms with Gasteiger partial charge in [-0.15, -0.1) is 0 Å². The number of aliphatic hydroxyl groups is 1. The van der Waals surface area contributed by atoms with E-state index in [4.69, 9.17) is 5.11 Å². The molecule has 1 unspecified atom stereocenters. The largest absolute Gasteiger partial charge is 0.392 e. The maximum Gasteiger partial charge on any atom is 0.0681 e. The molecule has 2 rings (SSSR count). The molecule has 0 saturated carbocycles. The molecule has 17 heavy (non-hydrogen) atoms. The minimum Gasteiger partial charge on any atom is -0.392 e. The molecule has 0 amide bonds. The van der Waals surface area contributed by atoms with Crippen molar-refractivity contribution in [3.8, 4) is 0 Å². The van der Waals surface area contributed by atoms with Crippen LogP contribution in [0.15, 0.2) is 24.3 Å². The average molecular weight is 233 g/mol. The highest BCUT2D eigenvalue weighted by molar-refractivity contribution is 5.48. The van der Waals surface area contributed by atoms with E-state index in [0.29, 0.717) is 6.04 Å². The Kier molecular flexibility index (Phi) is 4.43. The van der Waals surface area contributed by atoms with Crippen LogP contribution in [0.25, 0.3) is 0 Å². The lowest BCUT2D eigenvalue weighted by Crippen LogP contribution is -2.34. The first-order valence-electron chi connectivity index (χ1n) is 6.81. The SMILES string of the molecule is CCC1CCCCCN1c1ccc(CO)cc1. The Hall–Kier alpha value is -1.02. The summed E-state index contributed by atoms with van der Waals surface area (Å²) < 4.78 is 0. The summed E-state index contributed by atoms with van der Waals surface area (Å²) in [5, 5.41) is 9.07. The number of benzene rings is 1. The molecule has 1 saturated heterocycles. The number of anilines is 1. The highest BCUT2D eigenvalue weighted by atomic mass is 16.3. The summed E-state index contributed by atoms with van der Waals surface area (Å²) in [5.41, 5.74) is 2.31. The Bertz CT molecular complexity index is 333. The molecular weight excluding hydrogens is 210 g/mol. The van der Waals surface area contributed by atoms with Crippen molar-refractivity contribution < 1.29 is 5.11 Å². The van der Waals surface area contributed by atoms with Gasteiger partial charge < -0.3 is 10.0 Å². The van der Waals surface area contributed by atoms with Crippen LogP contribution in [0.1, 0.15) is 44.6 Å². The third-order valence-electron chi connectivity index (χ3n) is 3.80. The summed E-state index contributed by atoms with van der Waals surface area (Å²) in [7, 11) is 0. The van der Waals surface area contributed by atoms with Gasteiger partial charge in [0.15, 0.2) is 0 Å². The molecule has 2 heteroatoms. The van der Waals surface area contributed by atoms with Gasteiger partial charge in [-0.3, -0.25) is 0 Å². The van der Waals surface area contributed by atoms with Crippen LogP contribution in [0.2, 0.25) is 0 Å². The first kappa shape index (κ1) is 12.4. The van der Waals surface area contributed by atoms with Crippen LogP contribution < -0.4 is 4.90 Å². The maximum absolute atomic E-state index is 9.07. The molecule has 0 aromatic heterocycles. The number of rotatable bonds is 3. The normalized spacial score (nSPS) is 21.3. The molecular formula is C15H23NO. The fraction of sp³-hybridized carbons (Fsp3) is 0.600. The molecule has 0 aliphatic carbocycles. The fourth-order valence-corrected chi connectivity index (χ4v) is 2.73. The van der Waals surface area contributed by atoms with E-state index in [-0.39, 0.29) is 6.61 Å². The highest BCUT2D eigenvalue weighted by Crippen LogP contribution is 2.26. The standard InChI is InChI=1S/C15H23NO/c1-2-14-6-4-3-5-11-16(14)15-9-7-13(12-17)8-10-15/h7-10,14,17H,2-6,11-12H2,1H3. The van der Waals surface area contributed by atoms with Gasteiger partial charge in [0.05, 0.1) is 6.61 Å². The van der Waals surface area contributed by atoms with Gasteiger partial charge in [0.1, 0.15) is 0 Å². The Labute approximate surface area is 104 Å². The molecule has 2 nitrogen and oxygen atoms in total. The lowest BCUT2D eigenvalue weighted by atomic mass is 10.1. The van der Waals surface area contributed by atoms with E-state index >= 15 is 0 Å². The number of aliphatic hydroxyl groups excluding tert-OH is 1. The van der Waals surface area contributed by atoms with Gasteiger partial charge in [0.25, 0.3) is 0 Å². The van der Waals surface area contributed by atoms with Gasteiger partial charge in [-0.2, -0.15) is 0 Å². The molecule has 1 N–H and O–H groups in total. The lowest BCUT2D eigenvalue weighted by molar-refractivity contribution is 0.282. The molecule has 0 radical (unpaired) electrons. The second kappa shape index (κ2) is 6.06.